The molecule has 1 amide bonds. The van der Waals surface area contributed by atoms with Crippen molar-refractivity contribution in [2.45, 2.75) is 49.9 Å². The number of rotatable bonds is 3. The van der Waals surface area contributed by atoms with Gasteiger partial charge in [0.1, 0.15) is 11.9 Å². The van der Waals surface area contributed by atoms with Crippen molar-refractivity contribution >= 4 is 17.6 Å². The smallest absolute Gasteiger partial charge is 0.335 e. The Bertz CT molecular complexity index is 1000. The van der Waals surface area contributed by atoms with Gasteiger partial charge in [0.25, 0.3) is 5.91 Å². The van der Waals surface area contributed by atoms with E-state index in [1.807, 2.05) is 17.0 Å². The molecule has 1 aromatic rings. The zero-order valence-corrected chi connectivity index (χ0v) is 16.8. The first kappa shape index (κ1) is 17.3. The molecule has 4 heterocycles. The fourth-order valence-electron chi connectivity index (χ4n) is 6.77. The lowest BCUT2D eigenvalue weighted by Crippen LogP contribution is -2.64. The van der Waals surface area contributed by atoms with Crippen molar-refractivity contribution < 1.29 is 23.8 Å². The molecule has 5 atom stereocenters. The number of benzene rings is 1. The van der Waals surface area contributed by atoms with Crippen LogP contribution in [0.5, 0.6) is 5.75 Å². The Morgan fingerprint density at radius 3 is 2.93 bits per heavy atom. The molecule has 152 valence electrons. The molecular weight excluding hydrogens is 372 g/mol. The number of ether oxygens (including phenoxy) is 3. The van der Waals surface area contributed by atoms with Crippen molar-refractivity contribution in [3.05, 3.63) is 35.0 Å². The van der Waals surface area contributed by atoms with E-state index in [9.17, 15) is 9.59 Å². The third kappa shape index (κ3) is 1.79. The van der Waals surface area contributed by atoms with Gasteiger partial charge in [-0.25, -0.2) is 4.79 Å². The lowest BCUT2D eigenvalue weighted by molar-refractivity contribution is -0.141. The Balaban J connectivity index is 1.65. The van der Waals surface area contributed by atoms with Gasteiger partial charge in [0, 0.05) is 29.4 Å². The van der Waals surface area contributed by atoms with E-state index < -0.39 is 5.41 Å². The number of nitrogens with zero attached hydrogens (tertiary/aromatic N) is 1. The summed E-state index contributed by atoms with van der Waals surface area (Å²) in [6.45, 7) is 2.82. The van der Waals surface area contributed by atoms with Gasteiger partial charge < -0.3 is 24.4 Å². The first-order chi connectivity index (χ1) is 14.0. The monoisotopic (exact) mass is 396 g/mol. The minimum atomic E-state index is -0.439. The molecule has 1 aliphatic carbocycles. The summed E-state index contributed by atoms with van der Waals surface area (Å²) < 4.78 is 16.6. The molecule has 1 N–H and O–H groups in total. The average Bonchev–Trinajstić information content (AvgIpc) is 3.37. The lowest BCUT2D eigenvalue weighted by atomic mass is 9.53. The van der Waals surface area contributed by atoms with E-state index in [1.165, 1.54) is 7.11 Å². The molecule has 0 aromatic heterocycles. The highest BCUT2D eigenvalue weighted by atomic mass is 16.6. The van der Waals surface area contributed by atoms with Crippen molar-refractivity contribution in [3.63, 3.8) is 0 Å². The van der Waals surface area contributed by atoms with Crippen molar-refractivity contribution in [3.8, 4) is 5.75 Å². The van der Waals surface area contributed by atoms with Crippen LogP contribution in [0.3, 0.4) is 0 Å². The van der Waals surface area contributed by atoms with E-state index in [2.05, 4.69) is 18.3 Å². The van der Waals surface area contributed by atoms with Gasteiger partial charge in [-0.3, -0.25) is 4.79 Å². The molecule has 7 nitrogen and oxygen atoms in total. The highest BCUT2D eigenvalue weighted by molar-refractivity contribution is 5.95. The summed E-state index contributed by atoms with van der Waals surface area (Å²) in [6.07, 6.45) is 1.70. The average molecular weight is 396 g/mol. The summed E-state index contributed by atoms with van der Waals surface area (Å²) in [7, 11) is 3.07. The third-order valence-electron chi connectivity index (χ3n) is 7.97. The molecule has 6 rings (SSSR count). The van der Waals surface area contributed by atoms with E-state index in [0.29, 0.717) is 18.5 Å². The fraction of sp³-hybridized carbons (Fsp3) is 0.545. The number of piperidine rings is 1. The maximum Gasteiger partial charge on any atom is 0.335 e. The summed E-state index contributed by atoms with van der Waals surface area (Å²) in [6, 6.07) is 5.99. The Labute approximate surface area is 169 Å². The Hall–Kier alpha value is -2.54. The molecule has 0 radical (unpaired) electrons. The van der Waals surface area contributed by atoms with Gasteiger partial charge in [-0.05, 0) is 30.9 Å². The van der Waals surface area contributed by atoms with Gasteiger partial charge in [-0.15, -0.1) is 0 Å². The summed E-state index contributed by atoms with van der Waals surface area (Å²) in [5, 5.41) is 3.53. The highest BCUT2D eigenvalue weighted by Crippen LogP contribution is 2.68. The third-order valence-corrected chi connectivity index (χ3v) is 7.97. The first-order valence-electron chi connectivity index (χ1n) is 10.2. The number of anilines is 1. The predicted octanol–water partition coefficient (Wildman–Crippen LogP) is 1.97. The van der Waals surface area contributed by atoms with Crippen LogP contribution in [0.1, 0.15) is 31.7 Å². The molecule has 0 unspecified atom stereocenters. The molecular formula is C22H24N2O5. The number of methoxy groups -OCH3 is 2. The van der Waals surface area contributed by atoms with Gasteiger partial charge in [0.05, 0.1) is 31.2 Å². The summed E-state index contributed by atoms with van der Waals surface area (Å²) >= 11 is 0. The maximum atomic E-state index is 13.1. The highest BCUT2D eigenvalue weighted by Gasteiger charge is 2.76. The van der Waals surface area contributed by atoms with Crippen LogP contribution >= 0.6 is 0 Å². The van der Waals surface area contributed by atoms with Crippen LogP contribution < -0.4 is 10.1 Å². The van der Waals surface area contributed by atoms with Crippen LogP contribution in [0, 0.1) is 5.41 Å². The van der Waals surface area contributed by atoms with Gasteiger partial charge in [0.2, 0.25) is 0 Å². The molecule has 1 spiro atoms. The second-order valence-electron chi connectivity index (χ2n) is 8.78. The Morgan fingerprint density at radius 2 is 2.21 bits per heavy atom. The number of esters is 1. The van der Waals surface area contributed by atoms with Gasteiger partial charge in [-0.1, -0.05) is 13.0 Å². The van der Waals surface area contributed by atoms with Gasteiger partial charge in [0.15, 0.2) is 6.10 Å². The van der Waals surface area contributed by atoms with Gasteiger partial charge >= 0.3 is 5.97 Å². The Morgan fingerprint density at radius 1 is 1.38 bits per heavy atom. The number of hydrogen-bond donors (Lipinski definition) is 1. The van der Waals surface area contributed by atoms with E-state index in [4.69, 9.17) is 14.2 Å². The van der Waals surface area contributed by atoms with Crippen LogP contribution in [0.15, 0.2) is 29.5 Å². The summed E-state index contributed by atoms with van der Waals surface area (Å²) in [4.78, 5) is 28.0. The number of hydrogen-bond acceptors (Lipinski definition) is 6. The molecule has 0 saturated carbocycles. The lowest BCUT2D eigenvalue weighted by Gasteiger charge is -2.54. The van der Waals surface area contributed by atoms with Crippen LogP contribution in [-0.4, -0.2) is 55.8 Å². The molecule has 4 aliphatic heterocycles. The number of amides is 1. The van der Waals surface area contributed by atoms with E-state index >= 15 is 0 Å². The number of nitrogens with one attached hydrogen (secondary N) is 1. The molecule has 3 fully saturated rings. The topological polar surface area (TPSA) is 80.4 Å². The van der Waals surface area contributed by atoms with Crippen LogP contribution in [0.2, 0.25) is 0 Å². The SMILES string of the molecule is CC[C@@]12CC(C(=O)OC)=C3Nc4cc(OC)ccc4[C@@]34CCN(C(=O)[C@@H]3O[C@@H]31)[C@@H]24. The zero-order chi connectivity index (χ0) is 20.1. The van der Waals surface area contributed by atoms with Gasteiger partial charge in [-0.2, -0.15) is 0 Å². The normalized spacial score (nSPS) is 38.0. The number of fused-ring (bicyclic) bond motifs is 3. The zero-order valence-electron chi connectivity index (χ0n) is 16.8. The largest absolute Gasteiger partial charge is 0.497 e. The van der Waals surface area contributed by atoms with E-state index in [0.717, 1.165) is 35.5 Å². The second-order valence-corrected chi connectivity index (χ2v) is 8.78. The minimum Gasteiger partial charge on any atom is -0.497 e. The van der Waals surface area contributed by atoms with Crippen molar-refractivity contribution in [1.82, 2.24) is 4.90 Å². The molecule has 1 aromatic carbocycles. The summed E-state index contributed by atoms with van der Waals surface area (Å²) in [5.74, 6) is 0.558. The molecule has 3 saturated heterocycles. The second kappa shape index (κ2) is 5.33. The summed E-state index contributed by atoms with van der Waals surface area (Å²) in [5.41, 5.74) is 2.94. The molecule has 0 bridgehead atoms. The predicted molar refractivity (Wildman–Crippen MR) is 103 cm³/mol. The number of epoxide rings is 1. The number of carbonyl (C=O) groups is 2. The van der Waals surface area contributed by atoms with Crippen LogP contribution in [-0.2, 0) is 24.5 Å². The number of carbonyl (C=O) groups excluding carboxylic acids is 2. The van der Waals surface area contributed by atoms with Crippen molar-refractivity contribution in [2.75, 3.05) is 26.1 Å². The van der Waals surface area contributed by atoms with E-state index in [1.54, 1.807) is 7.11 Å². The first-order valence-corrected chi connectivity index (χ1v) is 10.2. The Kier molecular flexibility index (Phi) is 3.18. The van der Waals surface area contributed by atoms with Crippen molar-refractivity contribution in [2.24, 2.45) is 5.41 Å². The minimum absolute atomic E-state index is 0.0261. The fourth-order valence-corrected chi connectivity index (χ4v) is 6.77. The molecule has 29 heavy (non-hydrogen) atoms. The van der Waals surface area contributed by atoms with Crippen molar-refractivity contribution in [1.29, 1.82) is 0 Å². The standard InChI is InChI=1S/C22H24N2O5/c1-4-21-10-12(19(26)28-3)16-22(13-6-5-11(27-2)9-14(13)23-16)7-8-24(20(21)22)18(25)15-17(21)29-15/h5-6,9,15,17,20,23H,4,7-8,10H2,1-3H3/t15-,17+,20+,21-,22+/m1/s1. The van der Waals surface area contributed by atoms with Crippen LogP contribution in [0.4, 0.5) is 5.69 Å². The molecule has 7 heteroatoms. The van der Waals surface area contributed by atoms with Crippen LogP contribution in [0.25, 0.3) is 0 Å². The quantitative estimate of drug-likeness (QED) is 0.622. The van der Waals surface area contributed by atoms with E-state index in [-0.39, 0.29) is 35.5 Å². The maximum absolute atomic E-state index is 13.1. The molecule has 5 aliphatic rings.